The lowest BCUT2D eigenvalue weighted by molar-refractivity contribution is 0.0530. The van der Waals surface area contributed by atoms with Crippen molar-refractivity contribution in [2.24, 2.45) is 4.99 Å². The predicted molar refractivity (Wildman–Crippen MR) is 123 cm³/mol. The summed E-state index contributed by atoms with van der Waals surface area (Å²) in [6, 6.07) is 10.8. The third kappa shape index (κ3) is 5.59. The van der Waals surface area contributed by atoms with Crippen molar-refractivity contribution in [2.75, 3.05) is 40.5 Å². The van der Waals surface area contributed by atoms with Crippen molar-refractivity contribution in [1.29, 1.82) is 0 Å². The molecule has 1 atom stereocenters. The summed E-state index contributed by atoms with van der Waals surface area (Å²) in [6.45, 7) is 7.98. The number of ether oxygens (including phenoxy) is 2. The Morgan fingerprint density at radius 1 is 1.33 bits per heavy atom. The van der Waals surface area contributed by atoms with E-state index in [1.807, 2.05) is 6.92 Å². The third-order valence-electron chi connectivity index (χ3n) is 5.73. The SMILES string of the molecule is CCNC(=NCC1(c2ccccc2)CCOCC1)N(C)Cc1csc(C(C)OC)n1. The number of benzene rings is 1. The number of nitrogens with one attached hydrogen (secondary N) is 1. The lowest BCUT2D eigenvalue weighted by atomic mass is 9.74. The molecule has 7 heteroatoms. The first-order valence-corrected chi connectivity index (χ1v) is 11.6. The molecule has 0 aliphatic carbocycles. The molecule has 6 nitrogen and oxygen atoms in total. The van der Waals surface area contributed by atoms with Crippen LogP contribution in [0.3, 0.4) is 0 Å². The molecule has 1 saturated heterocycles. The minimum atomic E-state index is 0.0233. The van der Waals surface area contributed by atoms with Gasteiger partial charge in [0.25, 0.3) is 0 Å². The average Bonchev–Trinajstić information content (AvgIpc) is 3.25. The second kappa shape index (κ2) is 10.9. The Labute approximate surface area is 184 Å². The zero-order valence-electron chi connectivity index (χ0n) is 18.6. The minimum absolute atomic E-state index is 0.0233. The molecule has 1 fully saturated rings. The largest absolute Gasteiger partial charge is 0.381 e. The molecule has 2 aromatic rings. The van der Waals surface area contributed by atoms with Gasteiger partial charge in [-0.15, -0.1) is 11.3 Å². The second-order valence-corrected chi connectivity index (χ2v) is 8.73. The van der Waals surface area contributed by atoms with E-state index in [1.54, 1.807) is 18.4 Å². The van der Waals surface area contributed by atoms with Gasteiger partial charge in [0.15, 0.2) is 5.96 Å². The number of hydrogen-bond donors (Lipinski definition) is 1. The van der Waals surface area contributed by atoms with Crippen LogP contribution in [0.1, 0.15) is 49.1 Å². The molecule has 1 aliphatic heterocycles. The number of aliphatic imine (C=N–C) groups is 1. The number of rotatable bonds is 8. The number of aromatic nitrogens is 1. The molecule has 164 valence electrons. The zero-order valence-corrected chi connectivity index (χ0v) is 19.4. The predicted octanol–water partition coefficient (Wildman–Crippen LogP) is 4.00. The van der Waals surface area contributed by atoms with Gasteiger partial charge >= 0.3 is 0 Å². The Morgan fingerprint density at radius 3 is 2.73 bits per heavy atom. The highest BCUT2D eigenvalue weighted by Gasteiger charge is 2.34. The van der Waals surface area contributed by atoms with Crippen molar-refractivity contribution >= 4 is 17.3 Å². The van der Waals surface area contributed by atoms with Crippen LogP contribution in [0.15, 0.2) is 40.7 Å². The molecule has 0 bridgehead atoms. The van der Waals surface area contributed by atoms with Crippen molar-refractivity contribution in [2.45, 2.75) is 44.8 Å². The smallest absolute Gasteiger partial charge is 0.194 e. The van der Waals surface area contributed by atoms with Gasteiger partial charge in [0, 0.05) is 44.7 Å². The van der Waals surface area contributed by atoms with Crippen molar-refractivity contribution in [3.8, 4) is 0 Å². The molecule has 0 radical (unpaired) electrons. The molecule has 1 unspecified atom stereocenters. The molecule has 1 N–H and O–H groups in total. The van der Waals surface area contributed by atoms with E-state index in [9.17, 15) is 0 Å². The van der Waals surface area contributed by atoms with E-state index in [2.05, 4.69) is 59.9 Å². The van der Waals surface area contributed by atoms with Gasteiger partial charge in [0.05, 0.1) is 18.8 Å². The lowest BCUT2D eigenvalue weighted by Gasteiger charge is -2.37. The molecule has 2 heterocycles. The van der Waals surface area contributed by atoms with Crippen molar-refractivity contribution in [1.82, 2.24) is 15.2 Å². The van der Waals surface area contributed by atoms with Gasteiger partial charge in [-0.3, -0.25) is 4.99 Å². The van der Waals surface area contributed by atoms with Gasteiger partial charge in [-0.25, -0.2) is 4.98 Å². The van der Waals surface area contributed by atoms with E-state index in [0.29, 0.717) is 6.54 Å². The number of methoxy groups -OCH3 is 1. The summed E-state index contributed by atoms with van der Waals surface area (Å²) in [5, 5.41) is 6.56. The highest BCUT2D eigenvalue weighted by molar-refractivity contribution is 7.09. The number of guanidine groups is 1. The highest BCUT2D eigenvalue weighted by Crippen LogP contribution is 2.35. The van der Waals surface area contributed by atoms with Crippen LogP contribution in [-0.4, -0.2) is 56.3 Å². The Bertz CT molecular complexity index is 803. The summed E-state index contributed by atoms with van der Waals surface area (Å²) in [7, 11) is 3.78. The number of thiazole rings is 1. The fraction of sp³-hybridized carbons (Fsp3) is 0.565. The quantitative estimate of drug-likeness (QED) is 0.507. The van der Waals surface area contributed by atoms with Crippen LogP contribution < -0.4 is 5.32 Å². The fourth-order valence-corrected chi connectivity index (χ4v) is 4.63. The summed E-state index contributed by atoms with van der Waals surface area (Å²) in [6.07, 6.45) is 2.01. The van der Waals surface area contributed by atoms with E-state index >= 15 is 0 Å². The molecular formula is C23H34N4O2S. The van der Waals surface area contributed by atoms with Crippen LogP contribution in [0.5, 0.6) is 0 Å². The van der Waals surface area contributed by atoms with Crippen LogP contribution in [0.2, 0.25) is 0 Å². The molecule has 0 saturated carbocycles. The fourth-order valence-electron chi connectivity index (χ4n) is 3.79. The molecular weight excluding hydrogens is 396 g/mol. The van der Waals surface area contributed by atoms with E-state index < -0.39 is 0 Å². The van der Waals surface area contributed by atoms with Crippen molar-refractivity contribution in [3.63, 3.8) is 0 Å². The van der Waals surface area contributed by atoms with Gasteiger partial charge < -0.3 is 19.7 Å². The zero-order chi connectivity index (χ0) is 21.4. The van der Waals surface area contributed by atoms with E-state index in [0.717, 1.165) is 55.8 Å². The maximum atomic E-state index is 5.67. The Kier molecular flexibility index (Phi) is 8.24. The highest BCUT2D eigenvalue weighted by atomic mass is 32.1. The molecule has 3 rings (SSSR count). The van der Waals surface area contributed by atoms with Gasteiger partial charge in [-0.1, -0.05) is 30.3 Å². The van der Waals surface area contributed by atoms with Gasteiger partial charge in [-0.05, 0) is 32.3 Å². The Balaban J connectivity index is 1.75. The molecule has 0 amide bonds. The first-order valence-electron chi connectivity index (χ1n) is 10.7. The van der Waals surface area contributed by atoms with Crippen molar-refractivity contribution < 1.29 is 9.47 Å². The summed E-state index contributed by atoms with van der Waals surface area (Å²) < 4.78 is 11.1. The average molecular weight is 431 g/mol. The van der Waals surface area contributed by atoms with Gasteiger partial charge in [0.1, 0.15) is 11.1 Å². The monoisotopic (exact) mass is 430 g/mol. The normalized spacial score (nSPS) is 17.5. The lowest BCUT2D eigenvalue weighted by Crippen LogP contribution is -2.41. The third-order valence-corrected chi connectivity index (χ3v) is 6.79. The van der Waals surface area contributed by atoms with Gasteiger partial charge in [0.2, 0.25) is 0 Å². The maximum Gasteiger partial charge on any atom is 0.194 e. The molecule has 1 aliphatic rings. The summed E-state index contributed by atoms with van der Waals surface area (Å²) in [5.74, 6) is 0.911. The summed E-state index contributed by atoms with van der Waals surface area (Å²) in [5.41, 5.74) is 2.42. The minimum Gasteiger partial charge on any atom is -0.381 e. The van der Waals surface area contributed by atoms with Crippen LogP contribution in [0, 0.1) is 0 Å². The molecule has 1 aromatic carbocycles. The first kappa shape index (κ1) is 22.7. The Hall–Kier alpha value is -1.96. The Morgan fingerprint density at radius 2 is 2.07 bits per heavy atom. The van der Waals surface area contributed by atoms with E-state index in [4.69, 9.17) is 19.5 Å². The van der Waals surface area contributed by atoms with Gasteiger partial charge in [-0.2, -0.15) is 0 Å². The van der Waals surface area contributed by atoms with Crippen LogP contribution in [0.4, 0.5) is 0 Å². The first-order chi connectivity index (χ1) is 14.6. The summed E-state index contributed by atoms with van der Waals surface area (Å²) in [4.78, 5) is 11.9. The standard InChI is InChI=1S/C23H34N4O2S/c1-5-24-22(27(3)15-20-16-30-21(26-20)18(2)28-4)25-17-23(11-13-29-14-12-23)19-9-7-6-8-10-19/h6-10,16,18H,5,11-15,17H2,1-4H3,(H,24,25). The molecule has 0 spiro atoms. The number of hydrogen-bond acceptors (Lipinski definition) is 5. The van der Waals surface area contributed by atoms with E-state index in [1.165, 1.54) is 5.56 Å². The molecule has 1 aromatic heterocycles. The van der Waals surface area contributed by atoms with Crippen LogP contribution >= 0.6 is 11.3 Å². The topological polar surface area (TPSA) is 59.0 Å². The molecule has 30 heavy (non-hydrogen) atoms. The number of nitrogens with zero attached hydrogens (tertiary/aromatic N) is 3. The van der Waals surface area contributed by atoms with Crippen LogP contribution in [0.25, 0.3) is 0 Å². The second-order valence-electron chi connectivity index (χ2n) is 7.84. The maximum absolute atomic E-state index is 5.67. The van der Waals surface area contributed by atoms with Crippen LogP contribution in [-0.2, 0) is 21.4 Å². The van der Waals surface area contributed by atoms with E-state index in [-0.39, 0.29) is 11.5 Å². The van der Waals surface area contributed by atoms with Crippen molar-refractivity contribution in [3.05, 3.63) is 52.0 Å². The summed E-state index contributed by atoms with van der Waals surface area (Å²) >= 11 is 1.65.